The van der Waals surface area contributed by atoms with E-state index in [2.05, 4.69) is 30.1 Å². The van der Waals surface area contributed by atoms with E-state index in [-0.39, 0.29) is 22.9 Å². The number of rotatable bonds is 12. The molecule has 0 unspecified atom stereocenters. The largest absolute Gasteiger partial charge is 0.508 e. The fraction of sp³-hybridized carbons (Fsp3) is 0.500. The molecule has 3 heterocycles. The summed E-state index contributed by atoms with van der Waals surface area (Å²) >= 11 is 0. The number of carbonyl (C=O) groups is 2. The Morgan fingerprint density at radius 3 is 2.57 bits per heavy atom. The first-order valence-electron chi connectivity index (χ1n) is 13.5. The summed E-state index contributed by atoms with van der Waals surface area (Å²) in [4.78, 5) is 37.2. The zero-order chi connectivity index (χ0) is 32.2. The maximum atomic E-state index is 16.6. The normalized spacial score (nSPS) is 23.6. The second kappa shape index (κ2) is 13.3. The minimum Gasteiger partial charge on any atom is -0.462 e. The molecular formula is C26H35FN7O9P. The van der Waals surface area contributed by atoms with Gasteiger partial charge in [0, 0.05) is 7.05 Å². The summed E-state index contributed by atoms with van der Waals surface area (Å²) < 4.78 is 64.3. The van der Waals surface area contributed by atoms with Crippen molar-refractivity contribution in [1.82, 2.24) is 24.6 Å². The Bertz CT molecular complexity index is 1520. The molecule has 2 aromatic heterocycles. The number of hydrogen-bond acceptors (Lipinski definition) is 14. The first-order chi connectivity index (χ1) is 20.8. The van der Waals surface area contributed by atoms with E-state index in [1.165, 1.54) is 30.0 Å². The first-order valence-corrected chi connectivity index (χ1v) is 15.1. The van der Waals surface area contributed by atoms with Crippen LogP contribution in [-0.2, 0) is 32.8 Å². The van der Waals surface area contributed by atoms with Crippen LogP contribution in [0.25, 0.3) is 11.2 Å². The van der Waals surface area contributed by atoms with Crippen molar-refractivity contribution < 1.29 is 46.5 Å². The quantitative estimate of drug-likeness (QED) is 0.192. The van der Waals surface area contributed by atoms with Crippen molar-refractivity contribution in [2.24, 2.45) is 0 Å². The molecule has 18 heteroatoms. The summed E-state index contributed by atoms with van der Waals surface area (Å²) in [5, 5.41) is 5.39. The Hall–Kier alpha value is -4.05. The summed E-state index contributed by atoms with van der Waals surface area (Å²) in [6.45, 7) is 5.24. The van der Waals surface area contributed by atoms with Crippen molar-refractivity contribution in [2.75, 3.05) is 31.8 Å². The number of benzene rings is 1. The van der Waals surface area contributed by atoms with Crippen LogP contribution in [-0.4, -0.2) is 82.4 Å². The van der Waals surface area contributed by atoms with Gasteiger partial charge in [0.05, 0.1) is 26.1 Å². The fourth-order valence-electron chi connectivity index (χ4n) is 4.47. The predicted molar refractivity (Wildman–Crippen MR) is 154 cm³/mol. The molecule has 6 atom stereocenters. The van der Waals surface area contributed by atoms with Gasteiger partial charge in [-0.25, -0.2) is 18.7 Å². The van der Waals surface area contributed by atoms with Gasteiger partial charge in [-0.15, -0.1) is 0 Å². The molecule has 240 valence electrons. The lowest BCUT2D eigenvalue weighted by Gasteiger charge is -2.28. The highest BCUT2D eigenvalue weighted by molar-refractivity contribution is 7.52. The van der Waals surface area contributed by atoms with Gasteiger partial charge in [0.25, 0.3) is 0 Å². The molecule has 4 rings (SSSR count). The lowest BCUT2D eigenvalue weighted by molar-refractivity contribution is -0.149. The van der Waals surface area contributed by atoms with Crippen molar-refractivity contribution in [3.05, 3.63) is 36.7 Å². The molecule has 1 fully saturated rings. The number of ether oxygens (including phenoxy) is 4. The number of para-hydroxylation sites is 1. The van der Waals surface area contributed by atoms with E-state index in [1.54, 1.807) is 39.1 Å². The van der Waals surface area contributed by atoms with E-state index in [9.17, 15) is 14.2 Å². The van der Waals surface area contributed by atoms with Crippen LogP contribution in [0.3, 0.4) is 0 Å². The zero-order valence-electron chi connectivity index (χ0n) is 24.9. The minimum absolute atomic E-state index is 0.111. The Morgan fingerprint density at radius 2 is 1.93 bits per heavy atom. The van der Waals surface area contributed by atoms with Crippen molar-refractivity contribution in [1.29, 1.82) is 0 Å². The predicted octanol–water partition coefficient (Wildman–Crippen LogP) is 3.36. The van der Waals surface area contributed by atoms with Gasteiger partial charge < -0.3 is 34.5 Å². The summed E-state index contributed by atoms with van der Waals surface area (Å²) in [6, 6.07) is 6.91. The highest BCUT2D eigenvalue weighted by atomic mass is 31.2. The number of nitrogens with zero attached hydrogens (tertiary/aromatic N) is 4. The van der Waals surface area contributed by atoms with Crippen LogP contribution in [0.4, 0.5) is 21.0 Å². The molecule has 0 bridgehead atoms. The number of fused-ring (bicyclic) bond motifs is 1. The molecule has 16 nitrogen and oxygen atoms in total. The number of carbonyl (C=O) groups excluding carboxylic acids is 2. The standard InChI is InChI=1S/C26H35FN7O9P/c1-14(2)40-22(35)15(3)33-44(37,43-16-10-8-7-9-11-16)39-12-17-19(42-25(36)38-6)26(4,27)23(41-17)34-13-30-18-20(29-5)31-24(28)32-21(18)34/h7-11,13-15,17,19,23H,12H2,1-6H3,(H,33,37)(H3,28,29,31,32)/t15-,17+,19+,23+,26+,44-/m0/s1. The van der Waals surface area contributed by atoms with Gasteiger partial charge in [-0.2, -0.15) is 15.1 Å². The molecule has 0 radical (unpaired) electrons. The minimum atomic E-state index is -4.38. The second-order valence-corrected chi connectivity index (χ2v) is 11.9. The van der Waals surface area contributed by atoms with E-state index < -0.39 is 62.7 Å². The smallest absolute Gasteiger partial charge is 0.462 e. The molecule has 0 amide bonds. The maximum absolute atomic E-state index is 16.6. The van der Waals surface area contributed by atoms with Crippen LogP contribution in [0.15, 0.2) is 36.7 Å². The monoisotopic (exact) mass is 639 g/mol. The van der Waals surface area contributed by atoms with Crippen molar-refractivity contribution >= 4 is 42.8 Å². The number of hydrogen-bond donors (Lipinski definition) is 3. The Morgan fingerprint density at radius 1 is 1.23 bits per heavy atom. The number of methoxy groups -OCH3 is 1. The van der Waals surface area contributed by atoms with Gasteiger partial charge >= 0.3 is 19.9 Å². The molecule has 1 saturated heterocycles. The first kappa shape index (κ1) is 32.9. The number of nitrogens with two attached hydrogens (primary N) is 1. The molecule has 1 aliphatic heterocycles. The second-order valence-electron chi connectivity index (χ2n) is 10.2. The van der Waals surface area contributed by atoms with Crippen LogP contribution >= 0.6 is 7.75 Å². The molecule has 4 N–H and O–H groups in total. The van der Waals surface area contributed by atoms with Crippen molar-refractivity contribution in [3.63, 3.8) is 0 Å². The van der Waals surface area contributed by atoms with Crippen LogP contribution in [0, 0.1) is 0 Å². The van der Waals surface area contributed by atoms with Gasteiger partial charge in [0.1, 0.15) is 17.9 Å². The number of imidazole rings is 1. The summed E-state index contributed by atoms with van der Waals surface area (Å²) in [5.41, 5.74) is 3.82. The van der Waals surface area contributed by atoms with Crippen LogP contribution in [0.2, 0.25) is 0 Å². The molecule has 3 aromatic rings. The van der Waals surface area contributed by atoms with E-state index in [4.69, 9.17) is 29.0 Å². The fourth-order valence-corrected chi connectivity index (χ4v) is 5.97. The van der Waals surface area contributed by atoms with E-state index in [1.807, 2.05) is 0 Å². The van der Waals surface area contributed by atoms with E-state index >= 15 is 4.39 Å². The Labute approximate surface area is 252 Å². The lowest BCUT2D eigenvalue weighted by atomic mass is 9.98. The molecule has 1 aromatic carbocycles. The van der Waals surface area contributed by atoms with Crippen LogP contribution < -0.4 is 20.7 Å². The maximum Gasteiger partial charge on any atom is 0.508 e. The SMILES string of the molecule is CNc1nc(N)nc2c1ncn2[C@@H]1O[C@H](CO[P@@](=O)(N[C@@H](C)C(=O)OC(C)C)Oc2ccccc2)[C@@H](OC(=O)OC)[C@@]1(C)F. The highest BCUT2D eigenvalue weighted by Gasteiger charge is 2.59. The zero-order valence-corrected chi connectivity index (χ0v) is 25.8. The van der Waals surface area contributed by atoms with Crippen molar-refractivity contribution in [3.8, 4) is 5.75 Å². The molecule has 0 spiro atoms. The van der Waals surface area contributed by atoms with Crippen LogP contribution in [0.1, 0.15) is 33.9 Å². The molecule has 0 saturated carbocycles. The van der Waals surface area contributed by atoms with Gasteiger partial charge in [0.15, 0.2) is 35.0 Å². The van der Waals surface area contributed by atoms with Gasteiger partial charge in [0.2, 0.25) is 5.95 Å². The number of nitrogens with one attached hydrogen (secondary N) is 2. The third kappa shape index (κ3) is 7.18. The Balaban J connectivity index is 1.65. The molecule has 0 aliphatic carbocycles. The average Bonchev–Trinajstić information content (AvgIpc) is 3.48. The van der Waals surface area contributed by atoms with Crippen LogP contribution in [0.5, 0.6) is 5.75 Å². The average molecular weight is 640 g/mol. The number of anilines is 2. The summed E-state index contributed by atoms with van der Waals surface area (Å²) in [5.74, 6) is -0.380. The topological polar surface area (TPSA) is 200 Å². The van der Waals surface area contributed by atoms with Gasteiger partial charge in [-0.05, 0) is 39.8 Å². The lowest BCUT2D eigenvalue weighted by Crippen LogP contribution is -2.44. The Kier molecular flexibility index (Phi) is 9.93. The van der Waals surface area contributed by atoms with Gasteiger partial charge in [-0.1, -0.05) is 18.2 Å². The number of aromatic nitrogens is 4. The number of nitrogen functional groups attached to an aromatic ring is 1. The highest BCUT2D eigenvalue weighted by Crippen LogP contribution is 2.49. The van der Waals surface area contributed by atoms with E-state index in [0.717, 1.165) is 14.0 Å². The number of alkyl halides is 1. The third-order valence-electron chi connectivity index (χ3n) is 6.43. The third-order valence-corrected chi connectivity index (χ3v) is 8.08. The molecule has 44 heavy (non-hydrogen) atoms. The van der Waals surface area contributed by atoms with Crippen molar-refractivity contribution in [2.45, 2.75) is 63.9 Å². The van der Waals surface area contributed by atoms with E-state index in [0.29, 0.717) is 5.82 Å². The number of halogens is 1. The van der Waals surface area contributed by atoms with Gasteiger partial charge in [-0.3, -0.25) is 13.9 Å². The molecular weight excluding hydrogens is 604 g/mol. The number of esters is 1. The summed E-state index contributed by atoms with van der Waals surface area (Å²) in [7, 11) is -1.72. The summed E-state index contributed by atoms with van der Waals surface area (Å²) in [6.07, 6.45) is -4.87. The molecule has 1 aliphatic rings.